The van der Waals surface area contributed by atoms with Crippen LogP contribution in [0.4, 0.5) is 5.69 Å². The molecule has 0 aromatic heterocycles. The van der Waals surface area contributed by atoms with Gasteiger partial charge in [-0.1, -0.05) is 12.1 Å². The number of amides is 1. The molecule has 2 rings (SSSR count). The summed E-state index contributed by atoms with van der Waals surface area (Å²) in [5, 5.41) is 9.12. The molecule has 1 saturated heterocycles. The fraction of sp³-hybridized carbons (Fsp3) is 0.500. The quantitative estimate of drug-likeness (QED) is 0.566. The summed E-state index contributed by atoms with van der Waals surface area (Å²) in [7, 11) is 0. The van der Waals surface area contributed by atoms with E-state index in [0.29, 0.717) is 17.7 Å². The van der Waals surface area contributed by atoms with Gasteiger partial charge >= 0.3 is 0 Å². The van der Waals surface area contributed by atoms with E-state index in [0.717, 1.165) is 25.8 Å². The molecule has 4 N–H and O–H groups in total. The molecular weight excluding hydrogens is 242 g/mol. The maximum atomic E-state index is 12.6. The Kier molecular flexibility index (Phi) is 4.76. The van der Waals surface area contributed by atoms with E-state index < -0.39 is 0 Å². The lowest BCUT2D eigenvalue weighted by Gasteiger charge is -2.36. The van der Waals surface area contributed by atoms with Crippen LogP contribution in [0.15, 0.2) is 24.3 Å². The van der Waals surface area contributed by atoms with Crippen LogP contribution in [-0.2, 0) is 0 Å². The monoisotopic (exact) mass is 263 g/mol. The summed E-state index contributed by atoms with van der Waals surface area (Å²) in [5.41, 5.74) is 3.80. The van der Waals surface area contributed by atoms with Gasteiger partial charge in [-0.25, -0.2) is 0 Å². The lowest BCUT2D eigenvalue weighted by atomic mass is 9.98. The molecule has 1 aliphatic heterocycles. The van der Waals surface area contributed by atoms with E-state index in [1.807, 2.05) is 17.0 Å². The number of piperidine rings is 1. The van der Waals surface area contributed by atoms with Gasteiger partial charge in [-0.15, -0.1) is 0 Å². The number of nitrogen functional groups attached to an aromatic ring is 1. The number of nitrogens with two attached hydrogens (primary N) is 1. The SMILES string of the molecule is NNc1ccccc1C(=O)N1CCCCC1CCO. The summed E-state index contributed by atoms with van der Waals surface area (Å²) in [6.07, 6.45) is 3.74. The first-order valence-electron chi connectivity index (χ1n) is 6.75. The molecule has 1 heterocycles. The van der Waals surface area contributed by atoms with Crippen molar-refractivity contribution in [2.45, 2.75) is 31.7 Å². The Bertz CT molecular complexity index is 434. The third kappa shape index (κ3) is 3.05. The van der Waals surface area contributed by atoms with Crippen molar-refractivity contribution in [2.24, 2.45) is 5.84 Å². The van der Waals surface area contributed by atoms with Crippen molar-refractivity contribution in [1.29, 1.82) is 0 Å². The Hall–Kier alpha value is -1.59. The fourth-order valence-corrected chi connectivity index (χ4v) is 2.67. The Balaban J connectivity index is 2.21. The lowest BCUT2D eigenvalue weighted by Crippen LogP contribution is -2.44. The number of carbonyl (C=O) groups is 1. The maximum Gasteiger partial charge on any atom is 0.256 e. The first kappa shape index (κ1) is 13.8. The molecule has 1 aliphatic rings. The largest absolute Gasteiger partial charge is 0.396 e. The fourth-order valence-electron chi connectivity index (χ4n) is 2.67. The number of hydrazine groups is 1. The second-order valence-electron chi connectivity index (χ2n) is 4.85. The highest BCUT2D eigenvalue weighted by molar-refractivity contribution is 5.99. The van der Waals surface area contributed by atoms with Crippen molar-refractivity contribution in [2.75, 3.05) is 18.6 Å². The Labute approximate surface area is 113 Å². The van der Waals surface area contributed by atoms with E-state index in [-0.39, 0.29) is 18.6 Å². The van der Waals surface area contributed by atoms with Crippen molar-refractivity contribution in [3.05, 3.63) is 29.8 Å². The standard InChI is InChI=1S/C14H21N3O2/c15-16-13-7-2-1-6-12(13)14(19)17-9-4-3-5-11(17)8-10-18/h1-2,6-7,11,16,18H,3-5,8-10,15H2. The molecule has 1 aromatic carbocycles. The Morgan fingerprint density at radius 1 is 1.42 bits per heavy atom. The molecular formula is C14H21N3O2. The van der Waals surface area contributed by atoms with E-state index in [2.05, 4.69) is 5.43 Å². The van der Waals surface area contributed by atoms with Crippen LogP contribution < -0.4 is 11.3 Å². The minimum Gasteiger partial charge on any atom is -0.396 e. The topological polar surface area (TPSA) is 78.6 Å². The van der Waals surface area contributed by atoms with Gasteiger partial charge in [0.2, 0.25) is 0 Å². The van der Waals surface area contributed by atoms with Gasteiger partial charge in [0, 0.05) is 19.2 Å². The highest BCUT2D eigenvalue weighted by atomic mass is 16.3. The third-order valence-electron chi connectivity index (χ3n) is 3.66. The van der Waals surface area contributed by atoms with Gasteiger partial charge in [0.1, 0.15) is 0 Å². The zero-order valence-corrected chi connectivity index (χ0v) is 11.0. The number of nitrogens with one attached hydrogen (secondary N) is 1. The molecule has 0 bridgehead atoms. The van der Waals surface area contributed by atoms with Crippen LogP contribution in [0.5, 0.6) is 0 Å². The normalized spacial score (nSPS) is 19.3. The molecule has 5 nitrogen and oxygen atoms in total. The van der Waals surface area contributed by atoms with Gasteiger partial charge in [-0.05, 0) is 37.8 Å². The van der Waals surface area contributed by atoms with Gasteiger partial charge in [-0.2, -0.15) is 0 Å². The van der Waals surface area contributed by atoms with E-state index in [1.54, 1.807) is 12.1 Å². The summed E-state index contributed by atoms with van der Waals surface area (Å²) in [6.45, 7) is 0.869. The number of para-hydroxylation sites is 1. The van der Waals surface area contributed by atoms with Crippen LogP contribution in [0.1, 0.15) is 36.0 Å². The molecule has 19 heavy (non-hydrogen) atoms. The van der Waals surface area contributed by atoms with Crippen molar-refractivity contribution in [3.63, 3.8) is 0 Å². The first-order chi connectivity index (χ1) is 9.27. The molecule has 1 fully saturated rings. The number of likely N-dealkylation sites (tertiary alicyclic amines) is 1. The first-order valence-corrected chi connectivity index (χ1v) is 6.75. The van der Waals surface area contributed by atoms with E-state index in [1.165, 1.54) is 0 Å². The summed E-state index contributed by atoms with van der Waals surface area (Å²) in [5.74, 6) is 5.44. The van der Waals surface area contributed by atoms with Gasteiger partial charge in [0.15, 0.2) is 0 Å². The van der Waals surface area contributed by atoms with Gasteiger partial charge in [0.25, 0.3) is 5.91 Å². The van der Waals surface area contributed by atoms with Crippen LogP contribution in [0.3, 0.4) is 0 Å². The number of anilines is 1. The second kappa shape index (κ2) is 6.54. The Morgan fingerprint density at radius 3 is 2.95 bits per heavy atom. The summed E-state index contributed by atoms with van der Waals surface area (Å²) < 4.78 is 0. The van der Waals surface area contributed by atoms with Crippen LogP contribution in [0.2, 0.25) is 0 Å². The molecule has 0 aliphatic carbocycles. The van der Waals surface area contributed by atoms with Gasteiger partial charge in [0.05, 0.1) is 11.3 Å². The van der Waals surface area contributed by atoms with E-state index in [9.17, 15) is 4.79 Å². The number of aliphatic hydroxyl groups excluding tert-OH is 1. The average molecular weight is 263 g/mol. The van der Waals surface area contributed by atoms with Crippen LogP contribution >= 0.6 is 0 Å². The van der Waals surface area contributed by atoms with Gasteiger partial charge < -0.3 is 15.4 Å². The number of rotatable bonds is 4. The number of hydrogen-bond acceptors (Lipinski definition) is 4. The summed E-state index contributed by atoms with van der Waals surface area (Å²) in [4.78, 5) is 14.5. The molecule has 1 atom stereocenters. The van der Waals surface area contributed by atoms with E-state index >= 15 is 0 Å². The molecule has 0 radical (unpaired) electrons. The number of carbonyl (C=O) groups excluding carboxylic acids is 1. The van der Waals surface area contributed by atoms with E-state index in [4.69, 9.17) is 10.9 Å². The molecule has 104 valence electrons. The van der Waals surface area contributed by atoms with Crippen LogP contribution in [0, 0.1) is 0 Å². The van der Waals surface area contributed by atoms with Crippen molar-refractivity contribution >= 4 is 11.6 Å². The van der Waals surface area contributed by atoms with Gasteiger partial charge in [-0.3, -0.25) is 10.6 Å². The molecule has 0 saturated carbocycles. The minimum atomic E-state index is -0.00769. The van der Waals surface area contributed by atoms with Crippen LogP contribution in [0.25, 0.3) is 0 Å². The number of nitrogens with zero attached hydrogens (tertiary/aromatic N) is 1. The Morgan fingerprint density at radius 2 is 2.21 bits per heavy atom. The predicted octanol–water partition coefficient (Wildman–Crippen LogP) is 1.35. The van der Waals surface area contributed by atoms with Crippen molar-refractivity contribution in [3.8, 4) is 0 Å². The molecule has 1 amide bonds. The highest BCUT2D eigenvalue weighted by Crippen LogP contribution is 2.24. The van der Waals surface area contributed by atoms with Crippen molar-refractivity contribution < 1.29 is 9.90 Å². The number of benzene rings is 1. The highest BCUT2D eigenvalue weighted by Gasteiger charge is 2.27. The zero-order chi connectivity index (χ0) is 13.7. The predicted molar refractivity (Wildman–Crippen MR) is 74.6 cm³/mol. The zero-order valence-electron chi connectivity index (χ0n) is 11.0. The summed E-state index contributed by atoms with van der Waals surface area (Å²) in [6, 6.07) is 7.38. The molecule has 5 heteroatoms. The van der Waals surface area contributed by atoms with Crippen LogP contribution in [-0.4, -0.2) is 35.1 Å². The minimum absolute atomic E-state index is 0.00769. The second-order valence-corrected chi connectivity index (χ2v) is 4.85. The molecule has 1 unspecified atom stereocenters. The molecule has 1 aromatic rings. The van der Waals surface area contributed by atoms with Crippen molar-refractivity contribution in [1.82, 2.24) is 4.90 Å². The summed E-state index contributed by atoms with van der Waals surface area (Å²) >= 11 is 0. The number of aliphatic hydroxyl groups is 1. The lowest BCUT2D eigenvalue weighted by molar-refractivity contribution is 0.0575. The molecule has 0 spiro atoms. The smallest absolute Gasteiger partial charge is 0.256 e. The maximum absolute atomic E-state index is 12.6. The third-order valence-corrected chi connectivity index (χ3v) is 3.66. The number of hydrogen-bond donors (Lipinski definition) is 3. The average Bonchev–Trinajstić information content (AvgIpc) is 2.47.